The van der Waals surface area contributed by atoms with Crippen molar-refractivity contribution in [3.63, 3.8) is 0 Å². The van der Waals surface area contributed by atoms with Crippen LogP contribution in [0.4, 0.5) is 5.82 Å². The van der Waals surface area contributed by atoms with E-state index in [2.05, 4.69) is 14.9 Å². The van der Waals surface area contributed by atoms with E-state index in [0.717, 1.165) is 43.0 Å². The molecular formula is C12H12ClN3O. The molecule has 2 aromatic rings. The molecule has 0 radical (unpaired) electrons. The van der Waals surface area contributed by atoms with Gasteiger partial charge in [0.05, 0.1) is 18.7 Å². The first-order chi connectivity index (χ1) is 8.34. The largest absolute Gasteiger partial charge is 0.378 e. The van der Waals surface area contributed by atoms with Crippen LogP contribution in [0.2, 0.25) is 5.15 Å². The third-order valence-electron chi connectivity index (χ3n) is 2.87. The van der Waals surface area contributed by atoms with Crippen LogP contribution in [0.5, 0.6) is 0 Å². The topological polar surface area (TPSA) is 38.2 Å². The summed E-state index contributed by atoms with van der Waals surface area (Å²) in [6, 6.07) is 5.78. The monoisotopic (exact) mass is 249 g/mol. The second kappa shape index (κ2) is 4.47. The fourth-order valence-electron chi connectivity index (χ4n) is 1.98. The fourth-order valence-corrected chi connectivity index (χ4v) is 2.22. The van der Waals surface area contributed by atoms with Crippen molar-refractivity contribution in [3.8, 4) is 0 Å². The number of ether oxygens (including phenoxy) is 1. The molecule has 0 N–H and O–H groups in total. The lowest BCUT2D eigenvalue weighted by atomic mass is 10.2. The smallest absolute Gasteiger partial charge is 0.140 e. The third-order valence-corrected chi connectivity index (χ3v) is 3.16. The molecule has 17 heavy (non-hydrogen) atoms. The summed E-state index contributed by atoms with van der Waals surface area (Å²) in [5.74, 6) is 0.879. The molecule has 1 saturated heterocycles. The van der Waals surface area contributed by atoms with Gasteiger partial charge in [-0.1, -0.05) is 11.6 Å². The van der Waals surface area contributed by atoms with Crippen LogP contribution in [-0.4, -0.2) is 36.3 Å². The van der Waals surface area contributed by atoms with E-state index in [-0.39, 0.29) is 0 Å². The molecule has 1 aliphatic rings. The van der Waals surface area contributed by atoms with Crippen LogP contribution >= 0.6 is 11.6 Å². The summed E-state index contributed by atoms with van der Waals surface area (Å²) < 4.78 is 5.32. The molecule has 3 heterocycles. The summed E-state index contributed by atoms with van der Waals surface area (Å²) in [7, 11) is 0. The molecule has 0 atom stereocenters. The quantitative estimate of drug-likeness (QED) is 0.726. The van der Waals surface area contributed by atoms with E-state index in [1.807, 2.05) is 18.2 Å². The molecule has 0 amide bonds. The summed E-state index contributed by atoms with van der Waals surface area (Å²) in [6.45, 7) is 3.17. The van der Waals surface area contributed by atoms with Gasteiger partial charge in [-0.05, 0) is 12.1 Å². The molecule has 1 aliphatic heterocycles. The number of fused-ring (bicyclic) bond motifs is 1. The lowest BCUT2D eigenvalue weighted by Gasteiger charge is -2.28. The van der Waals surface area contributed by atoms with Gasteiger partial charge >= 0.3 is 0 Å². The number of anilines is 1. The maximum absolute atomic E-state index is 6.17. The lowest BCUT2D eigenvalue weighted by Crippen LogP contribution is -2.36. The van der Waals surface area contributed by atoms with Gasteiger partial charge < -0.3 is 9.64 Å². The Labute approximate surface area is 104 Å². The molecule has 2 aromatic heterocycles. The van der Waals surface area contributed by atoms with Gasteiger partial charge in [-0.25, -0.2) is 4.98 Å². The molecule has 0 unspecified atom stereocenters. The van der Waals surface area contributed by atoms with Gasteiger partial charge in [-0.3, -0.25) is 4.98 Å². The number of halogens is 1. The predicted molar refractivity (Wildman–Crippen MR) is 67.6 cm³/mol. The van der Waals surface area contributed by atoms with Crippen LogP contribution in [0, 0.1) is 0 Å². The highest BCUT2D eigenvalue weighted by molar-refractivity contribution is 6.34. The fraction of sp³-hybridized carbons (Fsp3) is 0.333. The first-order valence-electron chi connectivity index (χ1n) is 5.58. The second-order valence-corrected chi connectivity index (χ2v) is 4.30. The van der Waals surface area contributed by atoms with E-state index in [4.69, 9.17) is 16.3 Å². The molecule has 88 valence electrons. The molecule has 5 heteroatoms. The molecule has 4 nitrogen and oxygen atoms in total. The zero-order valence-electron chi connectivity index (χ0n) is 9.27. The van der Waals surface area contributed by atoms with Crippen molar-refractivity contribution in [1.29, 1.82) is 0 Å². The van der Waals surface area contributed by atoms with Crippen molar-refractivity contribution in [2.45, 2.75) is 0 Å². The molecule has 0 spiro atoms. The van der Waals surface area contributed by atoms with Gasteiger partial charge in [0, 0.05) is 30.7 Å². The van der Waals surface area contributed by atoms with Gasteiger partial charge in [-0.2, -0.15) is 0 Å². The van der Waals surface area contributed by atoms with Gasteiger partial charge in [0.15, 0.2) is 0 Å². The number of rotatable bonds is 1. The Hall–Kier alpha value is -1.39. The summed E-state index contributed by atoms with van der Waals surface area (Å²) in [5, 5.41) is 1.41. The standard InChI is InChI=1S/C12H12ClN3O/c13-12-9-2-1-3-14-10(9)8-11(15-12)16-4-6-17-7-5-16/h1-3,8H,4-7H2. The number of morpholine rings is 1. The zero-order valence-corrected chi connectivity index (χ0v) is 10.0. The van der Waals surface area contributed by atoms with E-state index in [9.17, 15) is 0 Å². The van der Waals surface area contributed by atoms with E-state index in [0.29, 0.717) is 5.15 Å². The first kappa shape index (κ1) is 10.7. The van der Waals surface area contributed by atoms with Gasteiger partial charge in [-0.15, -0.1) is 0 Å². The van der Waals surface area contributed by atoms with Crippen LogP contribution in [-0.2, 0) is 4.74 Å². The van der Waals surface area contributed by atoms with E-state index < -0.39 is 0 Å². The maximum atomic E-state index is 6.17. The summed E-state index contributed by atoms with van der Waals surface area (Å²) in [6.07, 6.45) is 1.77. The average Bonchev–Trinajstić information content (AvgIpc) is 2.40. The molecule has 0 aromatic carbocycles. The minimum absolute atomic E-state index is 0.511. The number of hydrogen-bond donors (Lipinski definition) is 0. The Morgan fingerprint density at radius 1 is 1.29 bits per heavy atom. The van der Waals surface area contributed by atoms with Gasteiger partial charge in [0.1, 0.15) is 11.0 Å². The van der Waals surface area contributed by atoms with Gasteiger partial charge in [0.2, 0.25) is 0 Å². The Balaban J connectivity index is 2.05. The third kappa shape index (κ3) is 2.06. The number of pyridine rings is 2. The highest BCUT2D eigenvalue weighted by Gasteiger charge is 2.14. The number of nitrogens with zero attached hydrogens (tertiary/aromatic N) is 3. The normalized spacial score (nSPS) is 16.4. The van der Waals surface area contributed by atoms with Crippen LogP contribution in [0.3, 0.4) is 0 Å². The van der Waals surface area contributed by atoms with Crippen molar-refractivity contribution in [3.05, 3.63) is 29.5 Å². The molecule has 3 rings (SSSR count). The minimum Gasteiger partial charge on any atom is -0.378 e. The molecular weight excluding hydrogens is 238 g/mol. The SMILES string of the molecule is Clc1nc(N2CCOCC2)cc2ncccc12. The predicted octanol–water partition coefficient (Wildman–Crippen LogP) is 2.12. The highest BCUT2D eigenvalue weighted by Crippen LogP contribution is 2.25. The van der Waals surface area contributed by atoms with Crippen molar-refractivity contribution >= 4 is 28.3 Å². The first-order valence-corrected chi connectivity index (χ1v) is 5.96. The molecule has 0 saturated carbocycles. The van der Waals surface area contributed by atoms with E-state index >= 15 is 0 Å². The Kier molecular flexibility index (Phi) is 2.82. The maximum Gasteiger partial charge on any atom is 0.140 e. The Bertz CT molecular complexity index is 540. The van der Waals surface area contributed by atoms with Gasteiger partial charge in [0.25, 0.3) is 0 Å². The van der Waals surface area contributed by atoms with Crippen molar-refractivity contribution < 1.29 is 4.74 Å². The van der Waals surface area contributed by atoms with Crippen LogP contribution in [0.15, 0.2) is 24.4 Å². The summed E-state index contributed by atoms with van der Waals surface area (Å²) in [5.41, 5.74) is 0.883. The van der Waals surface area contributed by atoms with Crippen molar-refractivity contribution in [1.82, 2.24) is 9.97 Å². The number of aromatic nitrogens is 2. The van der Waals surface area contributed by atoms with Crippen molar-refractivity contribution in [2.24, 2.45) is 0 Å². The van der Waals surface area contributed by atoms with E-state index in [1.165, 1.54) is 0 Å². The highest BCUT2D eigenvalue weighted by atomic mass is 35.5. The summed E-state index contributed by atoms with van der Waals surface area (Å²) >= 11 is 6.17. The Morgan fingerprint density at radius 2 is 2.12 bits per heavy atom. The molecule has 0 bridgehead atoms. The average molecular weight is 250 g/mol. The van der Waals surface area contributed by atoms with Crippen LogP contribution < -0.4 is 4.90 Å². The Morgan fingerprint density at radius 3 is 2.94 bits per heavy atom. The minimum atomic E-state index is 0.511. The summed E-state index contributed by atoms with van der Waals surface area (Å²) in [4.78, 5) is 10.9. The molecule has 0 aliphatic carbocycles. The lowest BCUT2D eigenvalue weighted by molar-refractivity contribution is 0.122. The van der Waals surface area contributed by atoms with Crippen molar-refractivity contribution in [2.75, 3.05) is 31.2 Å². The zero-order chi connectivity index (χ0) is 11.7. The second-order valence-electron chi connectivity index (χ2n) is 3.94. The van der Waals surface area contributed by atoms with Crippen LogP contribution in [0.1, 0.15) is 0 Å². The van der Waals surface area contributed by atoms with E-state index in [1.54, 1.807) is 6.20 Å². The number of hydrogen-bond acceptors (Lipinski definition) is 4. The molecule has 1 fully saturated rings. The van der Waals surface area contributed by atoms with Crippen LogP contribution in [0.25, 0.3) is 10.9 Å².